The van der Waals surface area contributed by atoms with E-state index in [2.05, 4.69) is 32.9 Å². The van der Waals surface area contributed by atoms with E-state index in [0.717, 1.165) is 12.8 Å². The van der Waals surface area contributed by atoms with Crippen LogP contribution in [0.15, 0.2) is 12.2 Å². The summed E-state index contributed by atoms with van der Waals surface area (Å²) in [6, 6.07) is 0. The lowest BCUT2D eigenvalue weighted by Crippen LogP contribution is -2.14. The van der Waals surface area contributed by atoms with Gasteiger partial charge in [-0.25, -0.2) is 0 Å². The van der Waals surface area contributed by atoms with Gasteiger partial charge < -0.3 is 4.74 Å². The van der Waals surface area contributed by atoms with E-state index in [-0.39, 0.29) is 5.97 Å². The number of rotatable bonds is 45. The number of hydrogen-bond acceptors (Lipinski definition) is 2. The Kier molecular flexibility index (Phi) is 45.7. The van der Waals surface area contributed by atoms with Crippen molar-refractivity contribution in [3.63, 3.8) is 0 Å². The predicted octanol–water partition coefficient (Wildman–Crippen LogP) is 18.1. The van der Waals surface area contributed by atoms with Crippen molar-refractivity contribution in [2.75, 3.05) is 6.61 Å². The minimum Gasteiger partial charge on any atom is -0.465 e. The monoisotopic (exact) mass is 731 g/mol. The summed E-state index contributed by atoms with van der Waals surface area (Å²) >= 11 is 0. The summed E-state index contributed by atoms with van der Waals surface area (Å²) < 4.78 is 5.90. The molecule has 0 aromatic rings. The first-order valence-corrected chi connectivity index (χ1v) is 24.5. The lowest BCUT2D eigenvalue weighted by Gasteiger charge is -2.17. The van der Waals surface area contributed by atoms with Crippen LogP contribution in [0.2, 0.25) is 0 Å². The summed E-state index contributed by atoms with van der Waals surface area (Å²) in [5.74, 6) is 0.622. The van der Waals surface area contributed by atoms with Crippen LogP contribution in [0.4, 0.5) is 0 Å². The molecule has 0 saturated heterocycles. The molecule has 0 bridgehead atoms. The third-order valence-electron chi connectivity index (χ3n) is 11.6. The Balaban J connectivity index is 4.06. The number of unbranched alkanes of at least 4 members (excludes halogenated alkanes) is 35. The Bertz CT molecular complexity index is 684. The molecule has 0 heterocycles. The fourth-order valence-corrected chi connectivity index (χ4v) is 7.84. The van der Waals surface area contributed by atoms with Crippen molar-refractivity contribution in [1.29, 1.82) is 0 Å². The molecule has 0 saturated carbocycles. The zero-order valence-corrected chi connectivity index (χ0v) is 36.5. The first-order valence-electron chi connectivity index (χ1n) is 24.5. The molecule has 0 aliphatic heterocycles. The number of esters is 1. The molecule has 0 radical (unpaired) electrons. The maximum Gasteiger partial charge on any atom is 0.305 e. The molecule has 0 fully saturated rings. The third kappa shape index (κ3) is 43.6. The van der Waals surface area contributed by atoms with Crippen LogP contribution in [0.5, 0.6) is 0 Å². The second kappa shape index (κ2) is 46.4. The second-order valence-corrected chi connectivity index (χ2v) is 16.9. The van der Waals surface area contributed by atoms with Crippen molar-refractivity contribution < 1.29 is 9.53 Å². The molecule has 2 nitrogen and oxygen atoms in total. The molecule has 0 aliphatic rings. The lowest BCUT2D eigenvalue weighted by atomic mass is 9.94. The van der Waals surface area contributed by atoms with Crippen molar-refractivity contribution in [3.8, 4) is 0 Å². The Hall–Kier alpha value is -0.790. The van der Waals surface area contributed by atoms with Gasteiger partial charge in [-0.1, -0.05) is 251 Å². The highest BCUT2D eigenvalue weighted by Gasteiger charge is 2.12. The SMILES string of the molecule is CCCCCCCC/C=C\CCCCCCCC(=O)OCC(CCCCCCCCCCCCCC)CCCCCCCCCCCCCCCC. The summed E-state index contributed by atoms with van der Waals surface area (Å²) in [6.45, 7) is 7.56. The van der Waals surface area contributed by atoms with Crippen LogP contribution in [-0.2, 0) is 9.53 Å². The molecule has 0 rings (SSSR count). The highest BCUT2D eigenvalue weighted by Crippen LogP contribution is 2.21. The average molecular weight is 731 g/mol. The van der Waals surface area contributed by atoms with Crippen LogP contribution >= 0.6 is 0 Å². The van der Waals surface area contributed by atoms with E-state index in [1.165, 1.54) is 250 Å². The van der Waals surface area contributed by atoms with Gasteiger partial charge in [-0.3, -0.25) is 4.79 Å². The van der Waals surface area contributed by atoms with Gasteiger partial charge in [0.05, 0.1) is 6.61 Å². The highest BCUT2D eigenvalue weighted by molar-refractivity contribution is 5.69. The standard InChI is InChI=1S/C50H98O2/c1-4-7-10-13-16-19-22-25-27-29-32-35-38-41-44-47-50(51)52-48-49(45-42-39-36-33-30-24-21-18-15-12-9-6-3)46-43-40-37-34-31-28-26-23-20-17-14-11-8-5-2/h25,27,49H,4-24,26,28-48H2,1-3H3/b27-25-. The van der Waals surface area contributed by atoms with Gasteiger partial charge in [-0.2, -0.15) is 0 Å². The van der Waals surface area contributed by atoms with Crippen LogP contribution in [0.1, 0.15) is 290 Å². The van der Waals surface area contributed by atoms with Crippen LogP contribution in [0.3, 0.4) is 0 Å². The molecule has 0 amide bonds. The summed E-state index contributed by atoms with van der Waals surface area (Å²) in [4.78, 5) is 12.6. The van der Waals surface area contributed by atoms with Crippen molar-refractivity contribution in [3.05, 3.63) is 12.2 Å². The van der Waals surface area contributed by atoms with Crippen molar-refractivity contribution >= 4 is 5.97 Å². The quantitative estimate of drug-likeness (QED) is 0.0354. The van der Waals surface area contributed by atoms with Gasteiger partial charge in [0.15, 0.2) is 0 Å². The van der Waals surface area contributed by atoms with Crippen LogP contribution in [0.25, 0.3) is 0 Å². The van der Waals surface area contributed by atoms with Gasteiger partial charge in [0.2, 0.25) is 0 Å². The van der Waals surface area contributed by atoms with E-state index >= 15 is 0 Å². The largest absolute Gasteiger partial charge is 0.465 e. The summed E-state index contributed by atoms with van der Waals surface area (Å²) in [6.07, 6.45) is 61.3. The Morgan fingerprint density at radius 2 is 0.635 bits per heavy atom. The van der Waals surface area contributed by atoms with Gasteiger partial charge in [0.1, 0.15) is 0 Å². The molecule has 0 spiro atoms. The maximum absolute atomic E-state index is 12.6. The summed E-state index contributed by atoms with van der Waals surface area (Å²) in [7, 11) is 0. The molecule has 310 valence electrons. The van der Waals surface area contributed by atoms with E-state index in [1.54, 1.807) is 0 Å². The number of hydrogen-bond donors (Lipinski definition) is 0. The van der Waals surface area contributed by atoms with E-state index in [1.807, 2.05) is 0 Å². The molecule has 1 unspecified atom stereocenters. The number of allylic oxidation sites excluding steroid dienone is 2. The predicted molar refractivity (Wildman–Crippen MR) is 235 cm³/mol. The average Bonchev–Trinajstić information content (AvgIpc) is 3.15. The first-order chi connectivity index (χ1) is 25.7. The number of carbonyl (C=O) groups excluding carboxylic acids is 1. The molecule has 52 heavy (non-hydrogen) atoms. The van der Waals surface area contributed by atoms with Gasteiger partial charge in [-0.15, -0.1) is 0 Å². The van der Waals surface area contributed by atoms with Crippen molar-refractivity contribution in [1.82, 2.24) is 0 Å². The zero-order chi connectivity index (χ0) is 37.7. The van der Waals surface area contributed by atoms with Crippen LogP contribution in [-0.4, -0.2) is 12.6 Å². The van der Waals surface area contributed by atoms with Gasteiger partial charge in [0, 0.05) is 6.42 Å². The molecule has 0 aromatic heterocycles. The fraction of sp³-hybridized carbons (Fsp3) is 0.940. The Morgan fingerprint density at radius 3 is 0.962 bits per heavy atom. The molecule has 0 aromatic carbocycles. The maximum atomic E-state index is 12.6. The lowest BCUT2D eigenvalue weighted by molar-refractivity contribution is -0.145. The van der Waals surface area contributed by atoms with Crippen LogP contribution in [0, 0.1) is 5.92 Å². The smallest absolute Gasteiger partial charge is 0.305 e. The summed E-state index contributed by atoms with van der Waals surface area (Å²) in [5, 5.41) is 0. The topological polar surface area (TPSA) is 26.3 Å². The third-order valence-corrected chi connectivity index (χ3v) is 11.6. The number of ether oxygens (including phenoxy) is 1. The fourth-order valence-electron chi connectivity index (χ4n) is 7.84. The molecule has 0 N–H and O–H groups in total. The molecular weight excluding hydrogens is 633 g/mol. The Morgan fingerprint density at radius 1 is 0.365 bits per heavy atom. The zero-order valence-electron chi connectivity index (χ0n) is 36.5. The van der Waals surface area contributed by atoms with E-state index in [4.69, 9.17) is 4.74 Å². The highest BCUT2D eigenvalue weighted by atomic mass is 16.5. The normalized spacial score (nSPS) is 12.3. The van der Waals surface area contributed by atoms with Crippen molar-refractivity contribution in [2.45, 2.75) is 290 Å². The van der Waals surface area contributed by atoms with Crippen molar-refractivity contribution in [2.24, 2.45) is 5.92 Å². The van der Waals surface area contributed by atoms with E-state index in [0.29, 0.717) is 18.9 Å². The van der Waals surface area contributed by atoms with Gasteiger partial charge in [0.25, 0.3) is 0 Å². The minimum atomic E-state index is 0.0540. The van der Waals surface area contributed by atoms with Crippen LogP contribution < -0.4 is 0 Å². The Labute approximate surface area is 329 Å². The second-order valence-electron chi connectivity index (χ2n) is 16.9. The molecule has 0 aliphatic carbocycles. The van der Waals surface area contributed by atoms with E-state index in [9.17, 15) is 4.79 Å². The minimum absolute atomic E-state index is 0.0540. The molecule has 1 atom stereocenters. The number of carbonyl (C=O) groups is 1. The van der Waals surface area contributed by atoms with E-state index < -0.39 is 0 Å². The summed E-state index contributed by atoms with van der Waals surface area (Å²) in [5.41, 5.74) is 0. The van der Waals surface area contributed by atoms with Gasteiger partial charge >= 0.3 is 5.97 Å². The molecular formula is C50H98O2. The first kappa shape index (κ1) is 51.2. The molecule has 2 heteroatoms. The van der Waals surface area contributed by atoms with Gasteiger partial charge in [-0.05, 0) is 50.9 Å².